The molecule has 0 amide bonds. The van der Waals surface area contributed by atoms with Gasteiger partial charge in [-0.05, 0) is 20.8 Å². The standard InChI is InChI=1S/C4H11N.C2H6ClO3P/c1-4(2,3)5;3-1-2(4)7(5)6/h5H2,1-3H3;2,4,7H,1H2,(H,5,6). The fraction of sp³-hybridized carbons (Fsp3) is 1.00. The number of rotatable bonds is 2. The van der Waals surface area contributed by atoms with E-state index < -0.39 is 13.9 Å². The molecule has 0 aromatic rings. The third kappa shape index (κ3) is 22.4. The van der Waals surface area contributed by atoms with E-state index in [0.717, 1.165) is 0 Å². The summed E-state index contributed by atoms with van der Waals surface area (Å²) in [5.41, 5.74) is 5.35. The van der Waals surface area contributed by atoms with Gasteiger partial charge in [0, 0.05) is 5.54 Å². The van der Waals surface area contributed by atoms with Gasteiger partial charge in [0.2, 0.25) is 8.03 Å². The fourth-order valence-electron chi connectivity index (χ4n) is 0.0660. The SMILES string of the molecule is CC(C)(C)N.O=[PH](O)C(O)CCl. The molecule has 4 N–H and O–H groups in total. The number of halogens is 1. The van der Waals surface area contributed by atoms with Crippen molar-refractivity contribution in [3.63, 3.8) is 0 Å². The molecule has 0 heterocycles. The minimum Gasteiger partial charge on any atom is -0.382 e. The van der Waals surface area contributed by atoms with Gasteiger partial charge < -0.3 is 15.7 Å². The third-order valence-electron chi connectivity index (χ3n) is 0.431. The van der Waals surface area contributed by atoms with Crippen LogP contribution in [0.1, 0.15) is 20.8 Å². The molecule has 0 spiro atoms. The lowest BCUT2D eigenvalue weighted by Crippen LogP contribution is -2.26. The molecule has 76 valence electrons. The molecule has 0 bridgehead atoms. The third-order valence-corrected chi connectivity index (χ3v) is 1.76. The van der Waals surface area contributed by atoms with Gasteiger partial charge in [0.05, 0.1) is 5.88 Å². The Labute approximate surface area is 78.6 Å². The molecule has 0 fully saturated rings. The molecule has 0 saturated carbocycles. The van der Waals surface area contributed by atoms with Gasteiger partial charge in [-0.25, -0.2) is 0 Å². The number of nitrogens with two attached hydrogens (primary N) is 1. The largest absolute Gasteiger partial charge is 0.382 e. The van der Waals surface area contributed by atoms with Gasteiger partial charge in [0.25, 0.3) is 0 Å². The Morgan fingerprint density at radius 3 is 1.83 bits per heavy atom. The van der Waals surface area contributed by atoms with Crippen LogP contribution in [-0.2, 0) is 4.57 Å². The summed E-state index contributed by atoms with van der Waals surface area (Å²) in [6.45, 7) is 5.90. The van der Waals surface area contributed by atoms with Crippen molar-refractivity contribution in [3.05, 3.63) is 0 Å². The molecule has 0 radical (unpaired) electrons. The molecule has 6 heteroatoms. The van der Waals surface area contributed by atoms with Gasteiger partial charge in [-0.3, -0.25) is 4.57 Å². The van der Waals surface area contributed by atoms with Crippen molar-refractivity contribution in [2.24, 2.45) is 5.73 Å². The summed E-state index contributed by atoms with van der Waals surface area (Å²) in [6.07, 6.45) is 0. The van der Waals surface area contributed by atoms with Crippen molar-refractivity contribution in [3.8, 4) is 0 Å². The van der Waals surface area contributed by atoms with Crippen molar-refractivity contribution < 1.29 is 14.6 Å². The van der Waals surface area contributed by atoms with Crippen LogP contribution in [0.15, 0.2) is 0 Å². The van der Waals surface area contributed by atoms with Crippen molar-refractivity contribution in [1.29, 1.82) is 0 Å². The summed E-state index contributed by atoms with van der Waals surface area (Å²) < 4.78 is 9.78. The number of hydrogen-bond donors (Lipinski definition) is 3. The lowest BCUT2D eigenvalue weighted by atomic mass is 10.1. The van der Waals surface area contributed by atoms with Crippen molar-refractivity contribution in [1.82, 2.24) is 0 Å². The first-order chi connectivity index (χ1) is 5.18. The van der Waals surface area contributed by atoms with Gasteiger partial charge in [0.15, 0.2) is 0 Å². The van der Waals surface area contributed by atoms with Gasteiger partial charge in [0.1, 0.15) is 5.85 Å². The summed E-state index contributed by atoms with van der Waals surface area (Å²) in [4.78, 5) is 8.03. The summed E-state index contributed by atoms with van der Waals surface area (Å²) in [5, 5.41) is 8.29. The highest BCUT2D eigenvalue weighted by molar-refractivity contribution is 7.38. The monoisotopic (exact) mass is 217 g/mol. The van der Waals surface area contributed by atoms with Crippen LogP contribution in [0.2, 0.25) is 0 Å². The van der Waals surface area contributed by atoms with Crippen molar-refractivity contribution in [2.75, 3.05) is 5.88 Å². The first kappa shape index (κ1) is 14.9. The molecular formula is C6H17ClNO3P. The minimum absolute atomic E-state index is 0. The molecule has 0 saturated heterocycles. The second-order valence-electron chi connectivity index (χ2n) is 3.37. The molecule has 12 heavy (non-hydrogen) atoms. The van der Waals surface area contributed by atoms with E-state index in [0.29, 0.717) is 0 Å². The van der Waals surface area contributed by atoms with Crippen LogP contribution < -0.4 is 5.73 Å². The average molecular weight is 218 g/mol. The number of aliphatic hydroxyl groups excluding tert-OH is 1. The highest BCUT2D eigenvalue weighted by Crippen LogP contribution is 2.19. The van der Waals surface area contributed by atoms with Crippen LogP contribution in [0.5, 0.6) is 0 Å². The maximum Gasteiger partial charge on any atom is 0.217 e. The average Bonchev–Trinajstić information content (AvgIpc) is 1.82. The van der Waals surface area contributed by atoms with Crippen molar-refractivity contribution >= 4 is 19.6 Å². The second kappa shape index (κ2) is 6.87. The minimum atomic E-state index is -2.79. The predicted molar refractivity (Wildman–Crippen MR) is 51.9 cm³/mol. The highest BCUT2D eigenvalue weighted by Gasteiger charge is 2.05. The van der Waals surface area contributed by atoms with Crippen LogP contribution in [0.4, 0.5) is 0 Å². The van der Waals surface area contributed by atoms with E-state index in [4.69, 9.17) is 27.3 Å². The summed E-state index contributed by atoms with van der Waals surface area (Å²) in [5.74, 6) is -1.40. The maximum absolute atomic E-state index is 9.78. The molecule has 0 aromatic heterocycles. The predicted octanol–water partition coefficient (Wildman–Crippen LogP) is 0.754. The van der Waals surface area contributed by atoms with Crippen LogP contribution >= 0.6 is 19.6 Å². The van der Waals surface area contributed by atoms with Gasteiger partial charge >= 0.3 is 0 Å². The lowest BCUT2D eigenvalue weighted by molar-refractivity contribution is 0.259. The zero-order valence-corrected chi connectivity index (χ0v) is 9.30. The second-order valence-corrected chi connectivity index (χ2v) is 5.03. The van der Waals surface area contributed by atoms with Crippen LogP contribution in [0.3, 0.4) is 0 Å². The molecule has 4 nitrogen and oxygen atoms in total. The zero-order valence-electron chi connectivity index (χ0n) is 7.54. The smallest absolute Gasteiger partial charge is 0.217 e. The van der Waals surface area contributed by atoms with Crippen LogP contribution in [0.25, 0.3) is 0 Å². The lowest BCUT2D eigenvalue weighted by Gasteiger charge is -2.06. The Balaban J connectivity index is 0. The summed E-state index contributed by atoms with van der Waals surface area (Å²) >= 11 is 4.96. The van der Waals surface area contributed by atoms with Crippen LogP contribution in [-0.4, -0.2) is 27.3 Å². The van der Waals surface area contributed by atoms with E-state index in [9.17, 15) is 4.57 Å². The quantitative estimate of drug-likeness (QED) is 0.471. The molecule has 0 aliphatic heterocycles. The molecule has 2 atom stereocenters. The number of alkyl halides is 1. The van der Waals surface area contributed by atoms with E-state index in [1.54, 1.807) is 0 Å². The summed E-state index contributed by atoms with van der Waals surface area (Å²) in [6, 6.07) is 0. The topological polar surface area (TPSA) is 83.6 Å². The summed E-state index contributed by atoms with van der Waals surface area (Å²) in [7, 11) is -2.79. The molecule has 0 aliphatic carbocycles. The maximum atomic E-state index is 9.78. The Kier molecular flexibility index (Phi) is 8.53. The first-order valence-electron chi connectivity index (χ1n) is 3.44. The van der Waals surface area contributed by atoms with E-state index in [2.05, 4.69) is 0 Å². The van der Waals surface area contributed by atoms with Crippen molar-refractivity contribution in [2.45, 2.75) is 32.2 Å². The fourth-order valence-corrected chi connectivity index (χ4v) is 0.594. The zero-order chi connectivity index (χ0) is 10.4. The Hall–Kier alpha value is 0.400. The Bertz CT molecular complexity index is 131. The van der Waals surface area contributed by atoms with E-state index >= 15 is 0 Å². The Morgan fingerprint density at radius 1 is 1.58 bits per heavy atom. The molecule has 0 aromatic carbocycles. The molecule has 2 unspecified atom stereocenters. The van der Waals surface area contributed by atoms with Gasteiger partial charge in [-0.1, -0.05) is 0 Å². The molecule has 0 rings (SSSR count). The van der Waals surface area contributed by atoms with E-state index in [1.807, 2.05) is 20.8 Å². The number of hydrogen-bond acceptors (Lipinski definition) is 3. The molecule has 0 aliphatic rings. The Morgan fingerprint density at radius 2 is 1.83 bits per heavy atom. The molecular weight excluding hydrogens is 200 g/mol. The normalized spacial score (nSPS) is 15.9. The highest BCUT2D eigenvalue weighted by atomic mass is 35.5. The van der Waals surface area contributed by atoms with Gasteiger partial charge in [-0.15, -0.1) is 11.6 Å². The van der Waals surface area contributed by atoms with E-state index in [-0.39, 0.29) is 11.4 Å². The number of aliphatic hydroxyl groups is 1. The first-order valence-corrected chi connectivity index (χ1v) is 5.41. The van der Waals surface area contributed by atoms with Crippen LogP contribution in [0, 0.1) is 0 Å². The van der Waals surface area contributed by atoms with E-state index in [1.165, 1.54) is 0 Å². The van der Waals surface area contributed by atoms with Gasteiger partial charge in [-0.2, -0.15) is 0 Å².